The normalized spacial score (nSPS) is 27.3. The number of thioether (sulfide) groups is 1. The van der Waals surface area contributed by atoms with Gasteiger partial charge in [0.15, 0.2) is 0 Å². The fourth-order valence-electron chi connectivity index (χ4n) is 3.14. The average Bonchev–Trinajstić information content (AvgIpc) is 2.92. The molecule has 0 aliphatic carbocycles. The quantitative estimate of drug-likeness (QED) is 0.809. The summed E-state index contributed by atoms with van der Waals surface area (Å²) in [5.41, 5.74) is 0.421. The largest absolute Gasteiger partial charge is 0.381 e. The lowest BCUT2D eigenvalue weighted by atomic mass is 9.79. The Labute approximate surface area is 122 Å². The van der Waals surface area contributed by atoms with Crippen molar-refractivity contribution in [1.29, 1.82) is 0 Å². The van der Waals surface area contributed by atoms with Crippen LogP contribution in [0.4, 0.5) is 0 Å². The predicted molar refractivity (Wildman–Crippen MR) is 84.0 cm³/mol. The number of hydrogen-bond acceptors (Lipinski definition) is 4. The van der Waals surface area contributed by atoms with Gasteiger partial charge >= 0.3 is 0 Å². The van der Waals surface area contributed by atoms with Gasteiger partial charge in [0.1, 0.15) is 0 Å². The van der Waals surface area contributed by atoms with Crippen LogP contribution in [0.1, 0.15) is 33.1 Å². The molecule has 4 heteroatoms. The van der Waals surface area contributed by atoms with Crippen LogP contribution in [0.3, 0.4) is 0 Å². The highest BCUT2D eigenvalue weighted by Gasteiger charge is 2.35. The lowest BCUT2D eigenvalue weighted by Gasteiger charge is -2.42. The van der Waals surface area contributed by atoms with Gasteiger partial charge in [0.05, 0.1) is 0 Å². The fourth-order valence-corrected chi connectivity index (χ4v) is 4.44. The molecule has 0 saturated carbocycles. The zero-order valence-electron chi connectivity index (χ0n) is 12.8. The molecule has 3 nitrogen and oxygen atoms in total. The summed E-state index contributed by atoms with van der Waals surface area (Å²) in [6, 6.07) is 1.37. The van der Waals surface area contributed by atoms with Crippen molar-refractivity contribution in [2.75, 3.05) is 44.9 Å². The third-order valence-electron chi connectivity index (χ3n) is 4.55. The van der Waals surface area contributed by atoms with E-state index in [4.69, 9.17) is 4.74 Å². The molecule has 0 aromatic heterocycles. The summed E-state index contributed by atoms with van der Waals surface area (Å²) in [6.45, 7) is 8.72. The number of rotatable bonds is 6. The molecule has 2 saturated heterocycles. The van der Waals surface area contributed by atoms with Crippen molar-refractivity contribution < 1.29 is 4.74 Å². The first-order chi connectivity index (χ1) is 9.11. The molecular formula is C15H30N2OS. The summed E-state index contributed by atoms with van der Waals surface area (Å²) in [4.78, 5) is 2.62. The van der Waals surface area contributed by atoms with Crippen molar-refractivity contribution in [3.63, 3.8) is 0 Å². The van der Waals surface area contributed by atoms with E-state index in [9.17, 15) is 0 Å². The van der Waals surface area contributed by atoms with Gasteiger partial charge in [-0.1, -0.05) is 13.8 Å². The van der Waals surface area contributed by atoms with E-state index in [1.807, 2.05) is 0 Å². The van der Waals surface area contributed by atoms with E-state index in [-0.39, 0.29) is 0 Å². The second-order valence-corrected chi connectivity index (χ2v) is 7.73. The van der Waals surface area contributed by atoms with E-state index in [2.05, 4.69) is 42.9 Å². The first-order valence-corrected chi connectivity index (χ1v) is 8.86. The fraction of sp³-hybridized carbons (Fsp3) is 1.00. The maximum Gasteiger partial charge on any atom is 0.0472 e. The molecule has 2 aliphatic rings. The summed E-state index contributed by atoms with van der Waals surface area (Å²) in [7, 11) is 2.32. The van der Waals surface area contributed by atoms with Gasteiger partial charge in [-0.3, -0.25) is 0 Å². The van der Waals surface area contributed by atoms with Gasteiger partial charge in [-0.15, -0.1) is 0 Å². The van der Waals surface area contributed by atoms with Gasteiger partial charge in [0, 0.05) is 44.1 Å². The zero-order valence-corrected chi connectivity index (χ0v) is 13.6. The summed E-state index contributed by atoms with van der Waals surface area (Å²) < 4.78 is 5.59. The van der Waals surface area contributed by atoms with Crippen molar-refractivity contribution in [2.45, 2.75) is 45.2 Å². The molecular weight excluding hydrogens is 256 g/mol. The summed E-state index contributed by atoms with van der Waals surface area (Å²) >= 11 is 2.11. The summed E-state index contributed by atoms with van der Waals surface area (Å²) in [5.74, 6) is 2.66. The van der Waals surface area contributed by atoms with Gasteiger partial charge < -0.3 is 15.0 Å². The zero-order chi connectivity index (χ0) is 13.7. The van der Waals surface area contributed by atoms with Crippen LogP contribution in [-0.4, -0.2) is 61.8 Å². The highest BCUT2D eigenvalue weighted by Crippen LogP contribution is 2.33. The molecule has 0 spiro atoms. The summed E-state index contributed by atoms with van der Waals surface area (Å²) in [5, 5.41) is 3.66. The average molecular weight is 286 g/mol. The van der Waals surface area contributed by atoms with Crippen LogP contribution in [0.5, 0.6) is 0 Å². The Balaban J connectivity index is 1.91. The Kier molecular flexibility index (Phi) is 6.00. The molecule has 2 fully saturated rings. The van der Waals surface area contributed by atoms with Crippen LogP contribution in [0.25, 0.3) is 0 Å². The van der Waals surface area contributed by atoms with Crippen molar-refractivity contribution in [2.24, 2.45) is 5.41 Å². The van der Waals surface area contributed by atoms with Crippen molar-refractivity contribution in [3.8, 4) is 0 Å². The standard InChI is InChI=1S/C15H30N2OS/c1-13(2)16-11-15(5-7-18-8-6-15)12-17(3)14-4-9-19-10-14/h13-14,16H,4-12H2,1-3H3. The molecule has 0 aromatic carbocycles. The Bertz CT molecular complexity index is 261. The maximum atomic E-state index is 5.59. The number of nitrogens with one attached hydrogen (secondary N) is 1. The van der Waals surface area contributed by atoms with E-state index >= 15 is 0 Å². The van der Waals surface area contributed by atoms with Gasteiger partial charge in [-0.05, 0) is 37.5 Å². The maximum absolute atomic E-state index is 5.59. The van der Waals surface area contributed by atoms with E-state index in [1.54, 1.807) is 0 Å². The molecule has 19 heavy (non-hydrogen) atoms. The first kappa shape index (κ1) is 15.6. The highest BCUT2D eigenvalue weighted by molar-refractivity contribution is 7.99. The summed E-state index contributed by atoms with van der Waals surface area (Å²) in [6.07, 6.45) is 3.78. The lowest BCUT2D eigenvalue weighted by molar-refractivity contribution is -0.00600. The molecule has 0 amide bonds. The van der Waals surface area contributed by atoms with Crippen LogP contribution in [0, 0.1) is 5.41 Å². The van der Waals surface area contributed by atoms with Crippen LogP contribution in [0.15, 0.2) is 0 Å². The molecule has 0 bridgehead atoms. The SMILES string of the molecule is CC(C)NCC1(CN(C)C2CCSC2)CCOCC1. The Hall–Kier alpha value is 0.230. The lowest BCUT2D eigenvalue weighted by Crippen LogP contribution is -2.49. The van der Waals surface area contributed by atoms with Gasteiger partial charge in [0.2, 0.25) is 0 Å². The molecule has 2 rings (SSSR count). The van der Waals surface area contributed by atoms with Crippen LogP contribution in [0.2, 0.25) is 0 Å². The molecule has 1 atom stereocenters. The van der Waals surface area contributed by atoms with Crippen LogP contribution < -0.4 is 5.32 Å². The van der Waals surface area contributed by atoms with Gasteiger partial charge in [0.25, 0.3) is 0 Å². The first-order valence-electron chi connectivity index (χ1n) is 7.70. The van der Waals surface area contributed by atoms with Gasteiger partial charge in [-0.25, -0.2) is 0 Å². The monoisotopic (exact) mass is 286 g/mol. The topological polar surface area (TPSA) is 24.5 Å². The molecule has 2 aliphatic heterocycles. The number of nitrogens with zero attached hydrogens (tertiary/aromatic N) is 1. The smallest absolute Gasteiger partial charge is 0.0472 e. The molecule has 2 heterocycles. The second kappa shape index (κ2) is 7.30. The predicted octanol–water partition coefficient (Wildman–Crippen LogP) is 2.22. The minimum Gasteiger partial charge on any atom is -0.381 e. The van der Waals surface area contributed by atoms with E-state index in [0.29, 0.717) is 11.5 Å². The minimum absolute atomic E-state index is 0.421. The number of ether oxygens (including phenoxy) is 1. The Morgan fingerprint density at radius 3 is 2.68 bits per heavy atom. The third kappa shape index (κ3) is 4.62. The third-order valence-corrected chi connectivity index (χ3v) is 5.70. The molecule has 0 aromatic rings. The molecule has 112 valence electrons. The van der Waals surface area contributed by atoms with Crippen molar-refractivity contribution in [3.05, 3.63) is 0 Å². The molecule has 1 unspecified atom stereocenters. The number of hydrogen-bond donors (Lipinski definition) is 1. The Morgan fingerprint density at radius 2 is 2.11 bits per heavy atom. The minimum atomic E-state index is 0.421. The highest BCUT2D eigenvalue weighted by atomic mass is 32.2. The van der Waals surface area contributed by atoms with Crippen molar-refractivity contribution in [1.82, 2.24) is 10.2 Å². The van der Waals surface area contributed by atoms with Crippen LogP contribution >= 0.6 is 11.8 Å². The molecule has 0 radical (unpaired) electrons. The van der Waals surface area contributed by atoms with Crippen LogP contribution in [-0.2, 0) is 4.74 Å². The van der Waals surface area contributed by atoms with Crippen molar-refractivity contribution >= 4 is 11.8 Å². The Morgan fingerprint density at radius 1 is 1.37 bits per heavy atom. The van der Waals surface area contributed by atoms with E-state index in [1.165, 1.54) is 37.3 Å². The second-order valence-electron chi connectivity index (χ2n) is 6.58. The van der Waals surface area contributed by atoms with E-state index in [0.717, 1.165) is 25.8 Å². The van der Waals surface area contributed by atoms with Gasteiger partial charge in [-0.2, -0.15) is 11.8 Å². The van der Waals surface area contributed by atoms with E-state index < -0.39 is 0 Å². The molecule has 1 N–H and O–H groups in total.